The van der Waals surface area contributed by atoms with Gasteiger partial charge in [0.1, 0.15) is 0 Å². The molecule has 0 spiro atoms. The molecule has 0 aromatic heterocycles. The van der Waals surface area contributed by atoms with Gasteiger partial charge in [0.05, 0.1) is 5.56 Å². The molecule has 0 heterocycles. The Morgan fingerprint density at radius 1 is 1.00 bits per heavy atom. The number of carbonyl (C=O) groups excluding carboxylic acids is 2. The Kier molecular flexibility index (Phi) is 5.80. The van der Waals surface area contributed by atoms with Gasteiger partial charge in [-0.3, -0.25) is 4.79 Å². The van der Waals surface area contributed by atoms with Crippen molar-refractivity contribution in [2.75, 3.05) is 30.9 Å². The van der Waals surface area contributed by atoms with Gasteiger partial charge in [0, 0.05) is 25.5 Å². The molecule has 5 nitrogen and oxygen atoms in total. The SMILES string of the molecule is Cc1cc(C)c(C(=O)OCC(=O)Nc2ccc(N(C)C)cc2)c(C)c1. The highest BCUT2D eigenvalue weighted by molar-refractivity contribution is 5.97. The minimum absolute atomic E-state index is 0.318. The molecular weight excluding hydrogens is 316 g/mol. The molecule has 0 unspecified atom stereocenters. The fourth-order valence-electron chi connectivity index (χ4n) is 2.75. The molecule has 132 valence electrons. The van der Waals surface area contributed by atoms with Crippen LogP contribution in [0.3, 0.4) is 0 Å². The molecule has 0 aliphatic carbocycles. The van der Waals surface area contributed by atoms with Crippen molar-refractivity contribution in [3.05, 3.63) is 58.7 Å². The molecule has 1 N–H and O–H groups in total. The topological polar surface area (TPSA) is 58.6 Å². The lowest BCUT2D eigenvalue weighted by molar-refractivity contribution is -0.119. The van der Waals surface area contributed by atoms with Crippen LogP contribution in [0.15, 0.2) is 36.4 Å². The first kappa shape index (κ1) is 18.5. The fourth-order valence-corrected chi connectivity index (χ4v) is 2.75. The first-order valence-electron chi connectivity index (χ1n) is 8.10. The van der Waals surface area contributed by atoms with E-state index in [0.29, 0.717) is 11.3 Å². The minimum atomic E-state index is -0.479. The summed E-state index contributed by atoms with van der Waals surface area (Å²) in [5, 5.41) is 2.72. The van der Waals surface area contributed by atoms with Gasteiger partial charge in [0.25, 0.3) is 5.91 Å². The molecule has 0 aliphatic heterocycles. The minimum Gasteiger partial charge on any atom is -0.452 e. The van der Waals surface area contributed by atoms with E-state index in [2.05, 4.69) is 5.32 Å². The number of amides is 1. The van der Waals surface area contributed by atoms with Gasteiger partial charge in [-0.05, 0) is 56.2 Å². The van der Waals surface area contributed by atoms with Crippen molar-refractivity contribution >= 4 is 23.3 Å². The predicted molar refractivity (Wildman–Crippen MR) is 100 cm³/mol. The molecule has 25 heavy (non-hydrogen) atoms. The van der Waals surface area contributed by atoms with Crippen molar-refractivity contribution < 1.29 is 14.3 Å². The summed E-state index contributed by atoms with van der Waals surface area (Å²) in [5.74, 6) is -0.846. The summed E-state index contributed by atoms with van der Waals surface area (Å²) in [6.45, 7) is 5.39. The number of carbonyl (C=O) groups is 2. The number of hydrogen-bond acceptors (Lipinski definition) is 4. The summed E-state index contributed by atoms with van der Waals surface area (Å²) in [4.78, 5) is 26.2. The van der Waals surface area contributed by atoms with Gasteiger partial charge in [0.15, 0.2) is 6.61 Å². The normalized spacial score (nSPS) is 10.3. The summed E-state index contributed by atoms with van der Waals surface area (Å²) in [6, 6.07) is 11.3. The zero-order valence-corrected chi connectivity index (χ0v) is 15.3. The summed E-state index contributed by atoms with van der Waals surface area (Å²) in [6.07, 6.45) is 0. The van der Waals surface area contributed by atoms with E-state index >= 15 is 0 Å². The van der Waals surface area contributed by atoms with Gasteiger partial charge in [-0.2, -0.15) is 0 Å². The first-order valence-corrected chi connectivity index (χ1v) is 8.10. The van der Waals surface area contributed by atoms with Crippen molar-refractivity contribution in [2.45, 2.75) is 20.8 Å². The highest BCUT2D eigenvalue weighted by atomic mass is 16.5. The van der Waals surface area contributed by atoms with Crippen molar-refractivity contribution in [3.8, 4) is 0 Å². The van der Waals surface area contributed by atoms with Gasteiger partial charge in [0.2, 0.25) is 0 Å². The second-order valence-corrected chi connectivity index (χ2v) is 6.34. The zero-order chi connectivity index (χ0) is 18.6. The highest BCUT2D eigenvalue weighted by Gasteiger charge is 2.16. The predicted octanol–water partition coefficient (Wildman–Crippen LogP) is 3.47. The number of esters is 1. The van der Waals surface area contributed by atoms with Crippen LogP contribution in [-0.2, 0) is 9.53 Å². The van der Waals surface area contributed by atoms with Crippen LogP contribution in [0, 0.1) is 20.8 Å². The molecule has 5 heteroatoms. The summed E-state index contributed by atoms with van der Waals surface area (Å²) >= 11 is 0. The van der Waals surface area contributed by atoms with Gasteiger partial charge in [-0.1, -0.05) is 17.7 Å². The Balaban J connectivity index is 1.94. The van der Waals surface area contributed by atoms with E-state index in [-0.39, 0.29) is 12.5 Å². The van der Waals surface area contributed by atoms with Gasteiger partial charge in [-0.25, -0.2) is 4.79 Å². The number of nitrogens with one attached hydrogen (secondary N) is 1. The van der Waals surface area contributed by atoms with E-state index in [1.807, 2.05) is 76.2 Å². The van der Waals surface area contributed by atoms with E-state index in [1.54, 1.807) is 0 Å². The van der Waals surface area contributed by atoms with E-state index in [4.69, 9.17) is 4.74 Å². The third kappa shape index (κ3) is 4.83. The second kappa shape index (κ2) is 7.83. The monoisotopic (exact) mass is 340 g/mol. The molecule has 0 saturated heterocycles. The standard InChI is InChI=1S/C20H24N2O3/c1-13-10-14(2)19(15(3)11-13)20(24)25-12-18(23)21-16-6-8-17(9-7-16)22(4)5/h6-11H,12H2,1-5H3,(H,21,23). The largest absolute Gasteiger partial charge is 0.452 e. The maximum atomic E-state index is 12.3. The number of rotatable bonds is 5. The Morgan fingerprint density at radius 3 is 2.08 bits per heavy atom. The molecule has 0 aliphatic rings. The average molecular weight is 340 g/mol. The number of hydrogen-bond donors (Lipinski definition) is 1. The average Bonchev–Trinajstić information content (AvgIpc) is 2.52. The van der Waals surface area contributed by atoms with Crippen LogP contribution in [0.1, 0.15) is 27.0 Å². The summed E-state index contributed by atoms with van der Waals surface area (Å²) < 4.78 is 5.17. The number of nitrogens with zero attached hydrogens (tertiary/aromatic N) is 1. The van der Waals surface area contributed by atoms with Crippen LogP contribution in [-0.4, -0.2) is 32.6 Å². The Bertz CT molecular complexity index is 757. The zero-order valence-electron chi connectivity index (χ0n) is 15.3. The number of ether oxygens (including phenoxy) is 1. The van der Waals surface area contributed by atoms with Crippen molar-refractivity contribution in [1.29, 1.82) is 0 Å². The smallest absolute Gasteiger partial charge is 0.339 e. The maximum absolute atomic E-state index is 12.3. The van der Waals surface area contributed by atoms with Crippen LogP contribution < -0.4 is 10.2 Å². The molecule has 0 radical (unpaired) electrons. The molecule has 2 rings (SSSR count). The van der Waals surface area contributed by atoms with Crippen LogP contribution >= 0.6 is 0 Å². The Labute approximate surface area is 148 Å². The van der Waals surface area contributed by atoms with Crippen molar-refractivity contribution in [1.82, 2.24) is 0 Å². The van der Waals surface area contributed by atoms with Gasteiger partial charge in [-0.15, -0.1) is 0 Å². The number of anilines is 2. The fraction of sp³-hybridized carbons (Fsp3) is 0.300. The van der Waals surface area contributed by atoms with E-state index in [0.717, 1.165) is 22.4 Å². The first-order chi connectivity index (χ1) is 11.8. The van der Waals surface area contributed by atoms with Crippen LogP contribution in [0.25, 0.3) is 0 Å². The van der Waals surface area contributed by atoms with E-state index in [9.17, 15) is 9.59 Å². The van der Waals surface area contributed by atoms with E-state index in [1.165, 1.54) is 0 Å². The van der Waals surface area contributed by atoms with Crippen LogP contribution in [0.4, 0.5) is 11.4 Å². The lowest BCUT2D eigenvalue weighted by Crippen LogP contribution is -2.21. The molecule has 0 bridgehead atoms. The Morgan fingerprint density at radius 2 is 1.56 bits per heavy atom. The molecule has 0 saturated carbocycles. The lowest BCUT2D eigenvalue weighted by atomic mass is 10.00. The molecule has 2 aromatic rings. The van der Waals surface area contributed by atoms with Crippen LogP contribution in [0.2, 0.25) is 0 Å². The summed E-state index contributed by atoms with van der Waals surface area (Å²) in [7, 11) is 3.89. The van der Waals surface area contributed by atoms with Crippen molar-refractivity contribution in [2.24, 2.45) is 0 Å². The van der Waals surface area contributed by atoms with Crippen molar-refractivity contribution in [3.63, 3.8) is 0 Å². The Hall–Kier alpha value is -2.82. The number of benzene rings is 2. The number of aryl methyl sites for hydroxylation is 3. The molecule has 1 amide bonds. The van der Waals surface area contributed by atoms with Gasteiger partial charge >= 0.3 is 5.97 Å². The molecular formula is C20H24N2O3. The molecule has 0 atom stereocenters. The van der Waals surface area contributed by atoms with Gasteiger partial charge < -0.3 is 15.0 Å². The second-order valence-electron chi connectivity index (χ2n) is 6.34. The molecule has 2 aromatic carbocycles. The quantitative estimate of drug-likeness (QED) is 0.847. The van der Waals surface area contributed by atoms with E-state index < -0.39 is 5.97 Å². The molecule has 0 fully saturated rings. The third-order valence-corrected chi connectivity index (χ3v) is 3.88. The lowest BCUT2D eigenvalue weighted by Gasteiger charge is -2.13. The van der Waals surface area contributed by atoms with Crippen LogP contribution in [0.5, 0.6) is 0 Å². The third-order valence-electron chi connectivity index (χ3n) is 3.88. The maximum Gasteiger partial charge on any atom is 0.339 e. The highest BCUT2D eigenvalue weighted by Crippen LogP contribution is 2.18. The summed E-state index contributed by atoms with van der Waals surface area (Å²) in [5.41, 5.74) is 5.01.